The molecule has 0 bridgehead atoms. The average Bonchev–Trinajstić information content (AvgIpc) is 2.59. The molecule has 0 spiro atoms. The Hall–Kier alpha value is -0.943. The van der Waals surface area contributed by atoms with Gasteiger partial charge in [0.2, 0.25) is 0 Å². The van der Waals surface area contributed by atoms with E-state index < -0.39 is 13.9 Å². The van der Waals surface area contributed by atoms with E-state index in [-0.39, 0.29) is 17.1 Å². The van der Waals surface area contributed by atoms with Crippen molar-refractivity contribution >= 4 is 8.32 Å². The highest BCUT2D eigenvalue weighted by atomic mass is 28.4. The minimum atomic E-state index is -1.91. The van der Waals surface area contributed by atoms with Crippen LogP contribution in [-0.2, 0) is 15.8 Å². The monoisotopic (exact) mass is 406 g/mol. The third-order valence-electron chi connectivity index (χ3n) is 5.97. The predicted molar refractivity (Wildman–Crippen MR) is 122 cm³/mol. The zero-order chi connectivity index (χ0) is 21.4. The number of hydrogen-bond donors (Lipinski definition) is 1. The number of rotatable bonds is 12. The van der Waals surface area contributed by atoms with Crippen LogP contribution >= 0.6 is 0 Å². The third-order valence-corrected chi connectivity index (χ3v) is 10.5. The first-order valence-corrected chi connectivity index (χ1v) is 13.4. The van der Waals surface area contributed by atoms with Crippen LogP contribution in [0.1, 0.15) is 59.4 Å². The molecule has 0 aliphatic carbocycles. The molecule has 1 aromatic rings. The first kappa shape index (κ1) is 25.1. The quantitative estimate of drug-likeness (QED) is 0.250. The van der Waals surface area contributed by atoms with Gasteiger partial charge < -0.3 is 14.3 Å². The van der Waals surface area contributed by atoms with Crippen LogP contribution in [0.3, 0.4) is 0 Å². The van der Waals surface area contributed by atoms with Crippen molar-refractivity contribution in [1.29, 1.82) is 0 Å². The lowest BCUT2D eigenvalue weighted by Crippen LogP contribution is -2.47. The molecule has 0 fully saturated rings. The normalized spacial score (nSPS) is 17.0. The van der Waals surface area contributed by atoms with Crippen molar-refractivity contribution in [2.75, 3.05) is 6.61 Å². The largest absolute Gasteiger partial charge is 0.413 e. The number of benzene rings is 1. The molecule has 0 saturated carbocycles. The highest BCUT2D eigenvalue weighted by Crippen LogP contribution is 2.39. The second-order valence-electron chi connectivity index (χ2n) is 9.85. The van der Waals surface area contributed by atoms with Gasteiger partial charge in [-0.3, -0.25) is 0 Å². The molecule has 0 aliphatic heterocycles. The fourth-order valence-corrected chi connectivity index (χ4v) is 4.31. The lowest BCUT2D eigenvalue weighted by atomic mass is 9.88. The van der Waals surface area contributed by atoms with Crippen molar-refractivity contribution in [3.8, 4) is 0 Å². The maximum atomic E-state index is 11.0. The van der Waals surface area contributed by atoms with Gasteiger partial charge in [0, 0.05) is 13.0 Å². The molecule has 1 rings (SSSR count). The second kappa shape index (κ2) is 10.7. The van der Waals surface area contributed by atoms with E-state index in [2.05, 4.69) is 59.5 Å². The molecule has 0 saturated heterocycles. The summed E-state index contributed by atoms with van der Waals surface area (Å²) in [5.74, 6) is 0.204. The van der Waals surface area contributed by atoms with Crippen LogP contribution in [0, 0.1) is 5.92 Å². The highest BCUT2D eigenvalue weighted by Gasteiger charge is 2.41. The van der Waals surface area contributed by atoms with Crippen molar-refractivity contribution in [2.24, 2.45) is 5.92 Å². The fourth-order valence-electron chi connectivity index (χ4n) is 2.90. The number of hydrogen-bond acceptors (Lipinski definition) is 3. The molecular weight excluding hydrogens is 364 g/mol. The summed E-state index contributed by atoms with van der Waals surface area (Å²) in [5, 5.41) is 11.1. The Labute approximate surface area is 174 Å². The Morgan fingerprint density at radius 1 is 1.14 bits per heavy atom. The van der Waals surface area contributed by atoms with E-state index in [1.54, 1.807) is 0 Å². The molecular formula is C24H42O3Si. The lowest BCUT2D eigenvalue weighted by Gasteiger charge is -2.42. The molecule has 0 heterocycles. The van der Waals surface area contributed by atoms with Crippen LogP contribution in [0.5, 0.6) is 0 Å². The minimum absolute atomic E-state index is 0.0152. The standard InChI is InChI=1S/C24H42O3Si/c1-9-20(2)22(27-28(7,8)23(3,4)5)18-24(6,25)16-13-17-26-19-21-14-11-10-12-15-21/h9-12,14-15,20,22,25H,1,13,16-19H2,2-8H3/t20-,22+,24?/m1/s1. The SMILES string of the molecule is C=C[C@@H](C)[C@H](CC(C)(O)CCCOCc1ccccc1)O[Si](C)(C)C(C)(C)C. The molecule has 0 amide bonds. The van der Waals surface area contributed by atoms with Crippen LogP contribution in [-0.4, -0.2) is 31.7 Å². The molecule has 0 aliphatic rings. The molecule has 3 atom stereocenters. The Balaban J connectivity index is 2.55. The molecule has 0 radical (unpaired) electrons. The second-order valence-corrected chi connectivity index (χ2v) is 14.6. The van der Waals surface area contributed by atoms with Crippen molar-refractivity contribution in [3.63, 3.8) is 0 Å². The van der Waals surface area contributed by atoms with Crippen molar-refractivity contribution in [3.05, 3.63) is 48.6 Å². The van der Waals surface area contributed by atoms with Gasteiger partial charge in [-0.2, -0.15) is 0 Å². The fraction of sp³-hybridized carbons (Fsp3) is 0.667. The van der Waals surface area contributed by atoms with Gasteiger partial charge in [0.1, 0.15) is 0 Å². The molecule has 4 heteroatoms. The Kier molecular flexibility index (Phi) is 9.61. The van der Waals surface area contributed by atoms with Crippen LogP contribution in [0.2, 0.25) is 18.1 Å². The summed E-state index contributed by atoms with van der Waals surface area (Å²) in [6, 6.07) is 10.2. The maximum absolute atomic E-state index is 11.0. The Morgan fingerprint density at radius 2 is 1.75 bits per heavy atom. The van der Waals surface area contributed by atoms with Crippen molar-refractivity contribution in [1.82, 2.24) is 0 Å². The smallest absolute Gasteiger partial charge is 0.192 e. The summed E-state index contributed by atoms with van der Waals surface area (Å²) in [7, 11) is -1.91. The molecule has 1 aromatic carbocycles. The number of ether oxygens (including phenoxy) is 1. The van der Waals surface area contributed by atoms with Gasteiger partial charge in [-0.15, -0.1) is 6.58 Å². The molecule has 1 N–H and O–H groups in total. The van der Waals surface area contributed by atoms with Gasteiger partial charge in [-0.05, 0) is 49.4 Å². The minimum Gasteiger partial charge on any atom is -0.413 e. The van der Waals surface area contributed by atoms with E-state index in [0.29, 0.717) is 26.1 Å². The van der Waals surface area contributed by atoms with Crippen molar-refractivity contribution < 1.29 is 14.3 Å². The summed E-state index contributed by atoms with van der Waals surface area (Å²) in [5.41, 5.74) is 0.400. The Morgan fingerprint density at radius 3 is 2.29 bits per heavy atom. The van der Waals surface area contributed by atoms with Gasteiger partial charge in [-0.1, -0.05) is 64.1 Å². The summed E-state index contributed by atoms with van der Waals surface area (Å²) < 4.78 is 12.4. The zero-order valence-corrected chi connectivity index (χ0v) is 20.1. The van der Waals surface area contributed by atoms with Gasteiger partial charge in [0.05, 0.1) is 18.3 Å². The maximum Gasteiger partial charge on any atom is 0.192 e. The molecule has 3 nitrogen and oxygen atoms in total. The van der Waals surface area contributed by atoms with Crippen LogP contribution in [0.25, 0.3) is 0 Å². The van der Waals surface area contributed by atoms with Gasteiger partial charge in [0.25, 0.3) is 0 Å². The van der Waals surface area contributed by atoms with Crippen LogP contribution in [0.15, 0.2) is 43.0 Å². The summed E-state index contributed by atoms with van der Waals surface area (Å²) >= 11 is 0. The average molecular weight is 407 g/mol. The van der Waals surface area contributed by atoms with Gasteiger partial charge in [-0.25, -0.2) is 0 Å². The van der Waals surface area contributed by atoms with E-state index in [0.717, 1.165) is 6.42 Å². The topological polar surface area (TPSA) is 38.7 Å². The van der Waals surface area contributed by atoms with Gasteiger partial charge in [0.15, 0.2) is 8.32 Å². The van der Waals surface area contributed by atoms with E-state index in [1.807, 2.05) is 31.2 Å². The molecule has 0 aromatic heterocycles. The van der Waals surface area contributed by atoms with E-state index >= 15 is 0 Å². The number of aliphatic hydroxyl groups is 1. The third kappa shape index (κ3) is 8.60. The summed E-state index contributed by atoms with van der Waals surface area (Å²) in [6.07, 6.45) is 4.07. The first-order chi connectivity index (χ1) is 12.9. The van der Waals surface area contributed by atoms with E-state index in [1.165, 1.54) is 5.56 Å². The predicted octanol–water partition coefficient (Wildman–Crippen LogP) is 6.34. The highest BCUT2D eigenvalue weighted by molar-refractivity contribution is 6.74. The lowest BCUT2D eigenvalue weighted by molar-refractivity contribution is -0.0155. The van der Waals surface area contributed by atoms with Crippen LogP contribution < -0.4 is 0 Å². The molecule has 28 heavy (non-hydrogen) atoms. The van der Waals surface area contributed by atoms with Crippen LogP contribution in [0.4, 0.5) is 0 Å². The Bertz CT molecular complexity index is 575. The summed E-state index contributed by atoms with van der Waals surface area (Å²) in [4.78, 5) is 0. The van der Waals surface area contributed by atoms with Crippen molar-refractivity contribution in [2.45, 2.75) is 90.3 Å². The molecule has 160 valence electrons. The van der Waals surface area contributed by atoms with E-state index in [9.17, 15) is 5.11 Å². The molecule has 1 unspecified atom stereocenters. The van der Waals surface area contributed by atoms with Gasteiger partial charge >= 0.3 is 0 Å². The zero-order valence-electron chi connectivity index (χ0n) is 19.1. The van der Waals surface area contributed by atoms with E-state index in [4.69, 9.17) is 9.16 Å². The first-order valence-electron chi connectivity index (χ1n) is 10.5. The summed E-state index contributed by atoms with van der Waals surface area (Å²) in [6.45, 7) is 20.5.